The number of carbonyl (C=O) groups is 1. The molecule has 1 aliphatic carbocycles. The average Bonchev–Trinajstić information content (AvgIpc) is 2.80. The van der Waals surface area contributed by atoms with Crippen LogP contribution in [0.5, 0.6) is 23.0 Å². The second-order valence-corrected chi connectivity index (χ2v) is 6.43. The van der Waals surface area contributed by atoms with Crippen molar-refractivity contribution in [3.05, 3.63) is 29.3 Å². The molecule has 7 nitrogen and oxygen atoms in total. The molecule has 0 radical (unpaired) electrons. The van der Waals surface area contributed by atoms with Crippen molar-refractivity contribution in [1.29, 1.82) is 0 Å². The van der Waals surface area contributed by atoms with Crippen LogP contribution in [0.2, 0.25) is 0 Å². The van der Waals surface area contributed by atoms with Crippen molar-refractivity contribution in [2.75, 3.05) is 27.1 Å². The number of benzene rings is 2. The molecule has 1 unspecified atom stereocenters. The smallest absolute Gasteiger partial charge is 0.217 e. The molecular weight excluding hydrogens is 348 g/mol. The molecule has 2 aromatic rings. The molecule has 1 aliphatic rings. The Morgan fingerprint density at radius 3 is 2.48 bits per heavy atom. The van der Waals surface area contributed by atoms with E-state index in [1.165, 1.54) is 6.92 Å². The summed E-state index contributed by atoms with van der Waals surface area (Å²) in [6.07, 6.45) is 1.28. The number of aromatic hydroxyl groups is 1. The summed E-state index contributed by atoms with van der Waals surface area (Å²) in [5.41, 5.74) is 9.74. The molecule has 0 aromatic heterocycles. The van der Waals surface area contributed by atoms with Crippen molar-refractivity contribution >= 4 is 11.6 Å². The summed E-state index contributed by atoms with van der Waals surface area (Å²) >= 11 is 0. The third kappa shape index (κ3) is 3.09. The Morgan fingerprint density at radius 2 is 1.89 bits per heavy atom. The molecular formula is C20H24N2O5. The Hall–Kier alpha value is -3.09. The van der Waals surface area contributed by atoms with Crippen LogP contribution in [0.1, 0.15) is 30.5 Å². The van der Waals surface area contributed by atoms with Crippen LogP contribution >= 0.6 is 0 Å². The lowest BCUT2D eigenvalue weighted by Crippen LogP contribution is -2.27. The van der Waals surface area contributed by atoms with Gasteiger partial charge in [-0.05, 0) is 36.1 Å². The minimum atomic E-state index is -0.335. The van der Waals surface area contributed by atoms with E-state index in [1.54, 1.807) is 33.5 Å². The minimum absolute atomic E-state index is 0.0213. The van der Waals surface area contributed by atoms with Gasteiger partial charge in [0.15, 0.2) is 11.5 Å². The highest BCUT2D eigenvalue weighted by atomic mass is 16.5. The lowest BCUT2D eigenvalue weighted by molar-refractivity contribution is -0.119. The Morgan fingerprint density at radius 1 is 1.19 bits per heavy atom. The second-order valence-electron chi connectivity index (χ2n) is 6.43. The van der Waals surface area contributed by atoms with Crippen LogP contribution < -0.4 is 25.3 Å². The molecule has 0 spiro atoms. The number of hydrogen-bond donors (Lipinski definition) is 3. The maximum Gasteiger partial charge on any atom is 0.217 e. The molecule has 0 saturated carbocycles. The number of nitrogens with one attached hydrogen (secondary N) is 1. The number of methoxy groups -OCH3 is 3. The molecule has 1 atom stereocenters. The zero-order chi connectivity index (χ0) is 19.7. The van der Waals surface area contributed by atoms with E-state index in [-0.39, 0.29) is 23.4 Å². The van der Waals surface area contributed by atoms with Crippen LogP contribution in [0.25, 0.3) is 11.1 Å². The number of anilines is 1. The van der Waals surface area contributed by atoms with Gasteiger partial charge < -0.3 is 30.4 Å². The van der Waals surface area contributed by atoms with Gasteiger partial charge in [0.2, 0.25) is 11.7 Å². The number of fused-ring (bicyclic) bond motifs is 3. The molecule has 0 saturated heterocycles. The van der Waals surface area contributed by atoms with E-state index in [2.05, 4.69) is 5.32 Å². The zero-order valence-electron chi connectivity index (χ0n) is 15.9. The Kier molecular flexibility index (Phi) is 5.03. The van der Waals surface area contributed by atoms with Crippen molar-refractivity contribution in [3.63, 3.8) is 0 Å². The first-order valence-electron chi connectivity index (χ1n) is 8.63. The number of ether oxygens (including phenoxy) is 3. The molecule has 0 heterocycles. The summed E-state index contributed by atoms with van der Waals surface area (Å²) in [5, 5.41) is 13.1. The predicted molar refractivity (Wildman–Crippen MR) is 102 cm³/mol. The molecule has 0 fully saturated rings. The van der Waals surface area contributed by atoms with E-state index in [0.717, 1.165) is 16.7 Å². The van der Waals surface area contributed by atoms with E-state index >= 15 is 0 Å². The first-order valence-corrected chi connectivity index (χ1v) is 8.63. The summed E-state index contributed by atoms with van der Waals surface area (Å²) in [6, 6.07) is 4.91. The van der Waals surface area contributed by atoms with Gasteiger partial charge in [0, 0.05) is 18.1 Å². The quantitative estimate of drug-likeness (QED) is 0.563. The molecule has 2 aromatic carbocycles. The van der Waals surface area contributed by atoms with Crippen LogP contribution in [0.3, 0.4) is 0 Å². The third-order valence-electron chi connectivity index (χ3n) is 4.87. The lowest BCUT2D eigenvalue weighted by atomic mass is 9.92. The standard InChI is InChI=1S/C20H24N2O5/c1-10(23)22-13-7-5-11-9-15(25-2)19(26-3)20(27-4)16(11)12-6-8-14(24)18(21)17(12)13/h6,8-9,13,24H,5,7,21H2,1-4H3,(H,22,23). The van der Waals surface area contributed by atoms with E-state index in [0.29, 0.717) is 35.7 Å². The molecule has 3 rings (SSSR count). The van der Waals surface area contributed by atoms with Crippen LogP contribution in [0, 0.1) is 0 Å². The Labute approximate surface area is 158 Å². The number of hydrogen-bond acceptors (Lipinski definition) is 6. The topological polar surface area (TPSA) is 103 Å². The van der Waals surface area contributed by atoms with Crippen molar-refractivity contribution in [2.45, 2.75) is 25.8 Å². The number of rotatable bonds is 4. The van der Waals surface area contributed by atoms with E-state index in [4.69, 9.17) is 19.9 Å². The number of nitrogen functional groups attached to an aromatic ring is 1. The van der Waals surface area contributed by atoms with Gasteiger partial charge in [0.25, 0.3) is 0 Å². The number of amides is 1. The maximum absolute atomic E-state index is 11.7. The van der Waals surface area contributed by atoms with Crippen molar-refractivity contribution in [1.82, 2.24) is 5.32 Å². The largest absolute Gasteiger partial charge is 0.506 e. The van der Waals surface area contributed by atoms with Gasteiger partial charge in [0.1, 0.15) is 5.75 Å². The Balaban J connectivity index is 2.36. The predicted octanol–water partition coefficient (Wildman–Crippen LogP) is 2.79. The number of nitrogens with two attached hydrogens (primary N) is 1. The average molecular weight is 372 g/mol. The van der Waals surface area contributed by atoms with Gasteiger partial charge in [-0.15, -0.1) is 0 Å². The zero-order valence-corrected chi connectivity index (χ0v) is 15.9. The third-order valence-corrected chi connectivity index (χ3v) is 4.87. The van der Waals surface area contributed by atoms with Gasteiger partial charge in [-0.1, -0.05) is 6.07 Å². The molecule has 4 N–H and O–H groups in total. The van der Waals surface area contributed by atoms with Crippen LogP contribution in [0.4, 0.5) is 5.69 Å². The fourth-order valence-electron chi connectivity index (χ4n) is 3.75. The second kappa shape index (κ2) is 7.26. The van der Waals surface area contributed by atoms with Gasteiger partial charge in [-0.25, -0.2) is 0 Å². The van der Waals surface area contributed by atoms with Gasteiger partial charge in [0.05, 0.1) is 33.1 Å². The molecule has 7 heteroatoms. The first kappa shape index (κ1) is 18.7. The van der Waals surface area contributed by atoms with Crippen LogP contribution in [0.15, 0.2) is 18.2 Å². The molecule has 144 valence electrons. The summed E-state index contributed by atoms with van der Waals surface area (Å²) < 4.78 is 16.7. The van der Waals surface area contributed by atoms with E-state index in [1.807, 2.05) is 6.07 Å². The Bertz CT molecular complexity index is 895. The summed E-state index contributed by atoms with van der Waals surface area (Å²) in [5.74, 6) is 1.39. The number of phenols is 1. The summed E-state index contributed by atoms with van der Waals surface area (Å²) in [6.45, 7) is 1.46. The highest BCUT2D eigenvalue weighted by Crippen LogP contribution is 2.52. The highest BCUT2D eigenvalue weighted by molar-refractivity contribution is 5.87. The summed E-state index contributed by atoms with van der Waals surface area (Å²) in [4.78, 5) is 11.7. The van der Waals surface area contributed by atoms with Crippen molar-refractivity contribution < 1.29 is 24.1 Å². The molecule has 0 aliphatic heterocycles. The van der Waals surface area contributed by atoms with E-state index in [9.17, 15) is 9.90 Å². The number of aryl methyl sites for hydroxylation is 1. The number of carbonyl (C=O) groups excluding carboxylic acids is 1. The van der Waals surface area contributed by atoms with Crippen molar-refractivity contribution in [3.8, 4) is 34.1 Å². The SMILES string of the molecule is COc1cc2c(c(OC)c1OC)-c1ccc(O)c(N)c1C(NC(C)=O)CC2. The van der Waals surface area contributed by atoms with Gasteiger partial charge in [-0.2, -0.15) is 0 Å². The number of phenolic OH excluding ortho intramolecular Hbond substituents is 1. The molecule has 1 amide bonds. The fraction of sp³-hybridized carbons (Fsp3) is 0.350. The minimum Gasteiger partial charge on any atom is -0.506 e. The molecule has 27 heavy (non-hydrogen) atoms. The maximum atomic E-state index is 11.7. The van der Waals surface area contributed by atoms with Gasteiger partial charge in [-0.3, -0.25) is 4.79 Å². The van der Waals surface area contributed by atoms with Crippen LogP contribution in [-0.4, -0.2) is 32.3 Å². The van der Waals surface area contributed by atoms with E-state index < -0.39 is 0 Å². The first-order chi connectivity index (χ1) is 12.9. The lowest BCUT2D eigenvalue weighted by Gasteiger charge is -2.22. The summed E-state index contributed by atoms with van der Waals surface area (Å²) in [7, 11) is 4.69. The fourth-order valence-corrected chi connectivity index (χ4v) is 3.75. The monoisotopic (exact) mass is 372 g/mol. The van der Waals surface area contributed by atoms with Gasteiger partial charge >= 0.3 is 0 Å². The van der Waals surface area contributed by atoms with Crippen molar-refractivity contribution in [2.24, 2.45) is 0 Å². The van der Waals surface area contributed by atoms with Crippen LogP contribution in [-0.2, 0) is 11.2 Å². The highest BCUT2D eigenvalue weighted by Gasteiger charge is 2.31. The normalized spacial score (nSPS) is 15.2. The molecule has 0 bridgehead atoms.